The van der Waals surface area contributed by atoms with Gasteiger partial charge in [0.15, 0.2) is 0 Å². The van der Waals surface area contributed by atoms with Gasteiger partial charge in [0, 0.05) is 0 Å². The Morgan fingerprint density at radius 1 is 1.50 bits per heavy atom. The van der Waals surface area contributed by atoms with Crippen molar-refractivity contribution in [3.05, 3.63) is 22.7 Å². The molecule has 18 heavy (non-hydrogen) atoms. The summed E-state index contributed by atoms with van der Waals surface area (Å²) >= 11 is 3.25. The minimum absolute atomic E-state index is 0.148. The van der Waals surface area contributed by atoms with Crippen LogP contribution in [0.1, 0.15) is 12.8 Å². The van der Waals surface area contributed by atoms with Crippen LogP contribution >= 0.6 is 15.9 Å². The molecule has 0 radical (unpaired) electrons. The molecular formula is C11H14BrNO4S. The lowest BCUT2D eigenvalue weighted by Gasteiger charge is -2.15. The van der Waals surface area contributed by atoms with E-state index >= 15 is 0 Å². The summed E-state index contributed by atoms with van der Waals surface area (Å²) in [6, 6.07) is 4.53. The average molecular weight is 336 g/mol. The van der Waals surface area contributed by atoms with Gasteiger partial charge in [-0.1, -0.05) is 0 Å². The second kappa shape index (κ2) is 4.80. The van der Waals surface area contributed by atoms with Gasteiger partial charge >= 0.3 is 0 Å². The fraction of sp³-hybridized carbons (Fsp3) is 0.455. The molecule has 0 aromatic heterocycles. The van der Waals surface area contributed by atoms with E-state index in [4.69, 9.17) is 9.84 Å². The summed E-state index contributed by atoms with van der Waals surface area (Å²) in [5.74, 6) is 0.567. The van der Waals surface area contributed by atoms with Gasteiger partial charge < -0.3 is 9.84 Å². The maximum Gasteiger partial charge on any atom is 0.241 e. The monoisotopic (exact) mass is 335 g/mol. The van der Waals surface area contributed by atoms with E-state index in [2.05, 4.69) is 20.7 Å². The number of benzene rings is 1. The number of nitrogens with one attached hydrogen (secondary N) is 1. The van der Waals surface area contributed by atoms with E-state index in [9.17, 15) is 8.42 Å². The number of hydrogen-bond acceptors (Lipinski definition) is 4. The highest BCUT2D eigenvalue weighted by molar-refractivity contribution is 9.10. The molecule has 2 N–H and O–H groups in total. The zero-order valence-electron chi connectivity index (χ0n) is 9.81. The van der Waals surface area contributed by atoms with E-state index in [0.29, 0.717) is 23.1 Å². The molecule has 1 fully saturated rings. The minimum atomic E-state index is -3.61. The van der Waals surface area contributed by atoms with Crippen LogP contribution in [0.2, 0.25) is 0 Å². The van der Waals surface area contributed by atoms with E-state index in [0.717, 1.165) is 0 Å². The fourth-order valence-corrected chi connectivity index (χ4v) is 3.77. The number of hydrogen-bond donors (Lipinski definition) is 2. The Hall–Kier alpha value is -0.630. The molecule has 5 nitrogen and oxygen atoms in total. The smallest absolute Gasteiger partial charge is 0.241 e. The number of halogens is 1. The van der Waals surface area contributed by atoms with Crippen LogP contribution in [0.25, 0.3) is 0 Å². The molecule has 0 amide bonds. The topological polar surface area (TPSA) is 75.6 Å². The molecule has 2 rings (SSSR count). The molecule has 7 heteroatoms. The molecule has 1 aliphatic rings. The van der Waals surface area contributed by atoms with Crippen molar-refractivity contribution in [2.75, 3.05) is 13.7 Å². The minimum Gasteiger partial charge on any atom is -0.496 e. The van der Waals surface area contributed by atoms with Gasteiger partial charge in [-0.3, -0.25) is 0 Å². The first-order valence-electron chi connectivity index (χ1n) is 5.41. The highest BCUT2D eigenvalue weighted by Gasteiger charge is 2.45. The number of aliphatic hydroxyl groups is 1. The summed E-state index contributed by atoms with van der Waals surface area (Å²) < 4.78 is 32.4. The summed E-state index contributed by atoms with van der Waals surface area (Å²) in [5.41, 5.74) is -0.661. The van der Waals surface area contributed by atoms with Crippen molar-refractivity contribution in [1.29, 1.82) is 0 Å². The van der Waals surface area contributed by atoms with E-state index in [1.165, 1.54) is 19.2 Å². The van der Waals surface area contributed by atoms with Gasteiger partial charge in [-0.05, 0) is 47.0 Å². The van der Waals surface area contributed by atoms with Crippen molar-refractivity contribution in [2.45, 2.75) is 23.3 Å². The Labute approximate surface area is 114 Å². The molecule has 0 spiro atoms. The summed E-state index contributed by atoms with van der Waals surface area (Å²) in [7, 11) is -2.10. The lowest BCUT2D eigenvalue weighted by Crippen LogP contribution is -2.39. The molecule has 0 saturated heterocycles. The first kappa shape index (κ1) is 13.8. The molecule has 0 bridgehead atoms. The van der Waals surface area contributed by atoms with Gasteiger partial charge in [0.25, 0.3) is 0 Å². The van der Waals surface area contributed by atoms with Crippen molar-refractivity contribution in [1.82, 2.24) is 4.72 Å². The van der Waals surface area contributed by atoms with Crippen LogP contribution in [-0.4, -0.2) is 32.8 Å². The summed E-state index contributed by atoms with van der Waals surface area (Å²) in [6.07, 6.45) is 1.33. The standard InChI is InChI=1S/C11H14BrNO4S/c1-17-10-3-2-8(6-9(10)12)18(15,16)13-11(7-14)4-5-11/h2-3,6,13-14H,4-5,7H2,1H3. The molecule has 0 atom stereocenters. The molecule has 100 valence electrons. The van der Waals surface area contributed by atoms with Gasteiger partial charge in [-0.2, -0.15) is 0 Å². The van der Waals surface area contributed by atoms with E-state index in [1.807, 2.05) is 0 Å². The zero-order valence-corrected chi connectivity index (χ0v) is 12.2. The lowest BCUT2D eigenvalue weighted by molar-refractivity contribution is 0.246. The Kier molecular flexibility index (Phi) is 3.68. The quantitative estimate of drug-likeness (QED) is 0.849. The first-order valence-corrected chi connectivity index (χ1v) is 7.68. The van der Waals surface area contributed by atoms with Crippen LogP contribution in [0.4, 0.5) is 0 Å². The average Bonchev–Trinajstić information content (AvgIpc) is 3.08. The van der Waals surface area contributed by atoms with Gasteiger partial charge in [0.2, 0.25) is 10.0 Å². The lowest BCUT2D eigenvalue weighted by atomic mass is 10.3. The largest absolute Gasteiger partial charge is 0.496 e. The molecule has 1 saturated carbocycles. The van der Waals surface area contributed by atoms with Crippen LogP contribution in [0.15, 0.2) is 27.6 Å². The number of ether oxygens (including phenoxy) is 1. The first-order chi connectivity index (χ1) is 8.42. The van der Waals surface area contributed by atoms with Gasteiger partial charge in [-0.25, -0.2) is 13.1 Å². The van der Waals surface area contributed by atoms with Crippen LogP contribution in [0.3, 0.4) is 0 Å². The molecule has 0 heterocycles. The number of rotatable bonds is 5. The summed E-state index contributed by atoms with van der Waals surface area (Å²) in [6.45, 7) is -0.177. The highest BCUT2D eigenvalue weighted by Crippen LogP contribution is 2.36. The third kappa shape index (κ3) is 2.69. The van der Waals surface area contributed by atoms with Gasteiger partial charge in [0.05, 0.1) is 28.6 Å². The van der Waals surface area contributed by atoms with Gasteiger partial charge in [-0.15, -0.1) is 0 Å². The van der Waals surface area contributed by atoms with E-state index in [1.54, 1.807) is 6.07 Å². The predicted molar refractivity (Wildman–Crippen MR) is 70.1 cm³/mol. The van der Waals surface area contributed by atoms with Crippen LogP contribution < -0.4 is 9.46 Å². The Morgan fingerprint density at radius 3 is 2.61 bits per heavy atom. The van der Waals surface area contributed by atoms with Crippen molar-refractivity contribution < 1.29 is 18.3 Å². The molecular weight excluding hydrogens is 322 g/mol. The third-order valence-electron chi connectivity index (χ3n) is 2.94. The number of aliphatic hydroxyl groups excluding tert-OH is 1. The van der Waals surface area contributed by atoms with Crippen LogP contribution in [0, 0.1) is 0 Å². The molecule has 0 aliphatic heterocycles. The van der Waals surface area contributed by atoms with Crippen molar-refractivity contribution in [3.63, 3.8) is 0 Å². The third-order valence-corrected chi connectivity index (χ3v) is 5.14. The summed E-state index contributed by atoms with van der Waals surface area (Å²) in [4.78, 5) is 0.148. The fourth-order valence-electron chi connectivity index (χ4n) is 1.60. The Balaban J connectivity index is 2.27. The predicted octanol–water partition coefficient (Wildman–Crippen LogP) is 1.26. The zero-order chi connectivity index (χ0) is 13.4. The normalized spacial score (nSPS) is 17.5. The highest BCUT2D eigenvalue weighted by atomic mass is 79.9. The van der Waals surface area contributed by atoms with Crippen LogP contribution in [-0.2, 0) is 10.0 Å². The maximum absolute atomic E-state index is 12.1. The molecule has 1 aromatic carbocycles. The van der Waals surface area contributed by atoms with Crippen LogP contribution in [0.5, 0.6) is 5.75 Å². The van der Waals surface area contributed by atoms with Crippen molar-refractivity contribution in [3.8, 4) is 5.75 Å². The second-order valence-electron chi connectivity index (χ2n) is 4.34. The summed E-state index contributed by atoms with van der Waals surface area (Å²) in [5, 5.41) is 9.15. The molecule has 1 aliphatic carbocycles. The SMILES string of the molecule is COc1ccc(S(=O)(=O)NC2(CO)CC2)cc1Br. The second-order valence-corrected chi connectivity index (χ2v) is 6.88. The maximum atomic E-state index is 12.1. The Morgan fingerprint density at radius 2 is 2.17 bits per heavy atom. The number of methoxy groups -OCH3 is 1. The van der Waals surface area contributed by atoms with Crippen molar-refractivity contribution >= 4 is 26.0 Å². The molecule has 0 unspecified atom stereocenters. The van der Waals surface area contributed by atoms with E-state index < -0.39 is 15.6 Å². The van der Waals surface area contributed by atoms with Gasteiger partial charge in [0.1, 0.15) is 5.75 Å². The molecule has 1 aromatic rings. The Bertz CT molecular complexity index is 554. The number of sulfonamides is 1. The van der Waals surface area contributed by atoms with E-state index in [-0.39, 0.29) is 11.5 Å². The van der Waals surface area contributed by atoms with Crippen molar-refractivity contribution in [2.24, 2.45) is 0 Å².